The first-order chi connectivity index (χ1) is 6.34. The molecule has 0 atom stereocenters. The van der Waals surface area contributed by atoms with Crippen molar-refractivity contribution in [1.29, 1.82) is 0 Å². The molecule has 0 amide bonds. The van der Waals surface area contributed by atoms with Gasteiger partial charge in [-0.05, 0) is 53.4 Å². The highest BCUT2D eigenvalue weighted by molar-refractivity contribution is 9.10. The molecule has 1 heterocycles. The molecule has 0 N–H and O–H groups in total. The van der Waals surface area contributed by atoms with Gasteiger partial charge in [0.15, 0.2) is 0 Å². The highest BCUT2D eigenvalue weighted by Gasteiger charge is 2.42. The van der Waals surface area contributed by atoms with E-state index in [9.17, 15) is 0 Å². The van der Waals surface area contributed by atoms with Crippen LogP contribution in [0.2, 0.25) is 0 Å². The van der Waals surface area contributed by atoms with Crippen LogP contribution in [0.15, 0.2) is 16.9 Å². The van der Waals surface area contributed by atoms with Crippen LogP contribution in [0.1, 0.15) is 31.7 Å². The molecule has 0 aliphatic heterocycles. The summed E-state index contributed by atoms with van der Waals surface area (Å²) in [5.41, 5.74) is 0. The summed E-state index contributed by atoms with van der Waals surface area (Å²) in [6.07, 6.45) is 9.69. The molecular formula is C10H13BrN2. The van der Waals surface area contributed by atoms with Crippen LogP contribution in [0.25, 0.3) is 0 Å². The lowest BCUT2D eigenvalue weighted by atomic mass is 10.1. The van der Waals surface area contributed by atoms with Gasteiger partial charge in [-0.25, -0.2) is 0 Å². The van der Waals surface area contributed by atoms with E-state index < -0.39 is 0 Å². The molecule has 3 heteroatoms. The molecule has 3 rings (SSSR count). The van der Waals surface area contributed by atoms with Crippen LogP contribution in [-0.4, -0.2) is 9.78 Å². The molecule has 2 nitrogen and oxygen atoms in total. The summed E-state index contributed by atoms with van der Waals surface area (Å²) in [6, 6.07) is 0.714. The Morgan fingerprint density at radius 2 is 1.92 bits per heavy atom. The summed E-state index contributed by atoms with van der Waals surface area (Å²) in [5, 5.41) is 4.41. The van der Waals surface area contributed by atoms with E-state index in [0.29, 0.717) is 6.04 Å². The van der Waals surface area contributed by atoms with Gasteiger partial charge in [-0.2, -0.15) is 5.10 Å². The largest absolute Gasteiger partial charge is 0.268 e. The quantitative estimate of drug-likeness (QED) is 0.795. The van der Waals surface area contributed by atoms with Gasteiger partial charge in [-0.3, -0.25) is 4.68 Å². The fourth-order valence-electron chi connectivity index (χ4n) is 2.17. The first-order valence-corrected chi connectivity index (χ1v) is 5.83. The summed E-state index contributed by atoms with van der Waals surface area (Å²) in [6.45, 7) is 0. The molecule has 2 saturated carbocycles. The van der Waals surface area contributed by atoms with Crippen molar-refractivity contribution in [2.75, 3.05) is 0 Å². The van der Waals surface area contributed by atoms with E-state index in [1.165, 1.54) is 25.7 Å². The van der Waals surface area contributed by atoms with Crippen molar-refractivity contribution < 1.29 is 0 Å². The first kappa shape index (κ1) is 8.04. The van der Waals surface area contributed by atoms with Crippen molar-refractivity contribution in [3.8, 4) is 0 Å². The molecule has 0 aromatic carbocycles. The molecule has 0 spiro atoms. The third kappa shape index (κ3) is 1.54. The van der Waals surface area contributed by atoms with E-state index in [-0.39, 0.29) is 0 Å². The molecule has 2 fully saturated rings. The van der Waals surface area contributed by atoms with Crippen molar-refractivity contribution in [1.82, 2.24) is 9.78 Å². The highest BCUT2D eigenvalue weighted by atomic mass is 79.9. The van der Waals surface area contributed by atoms with Gasteiger partial charge in [0.25, 0.3) is 0 Å². The molecule has 0 radical (unpaired) electrons. The van der Waals surface area contributed by atoms with Crippen molar-refractivity contribution in [2.24, 2.45) is 11.8 Å². The smallest absolute Gasteiger partial charge is 0.0632 e. The number of rotatable bonds is 3. The van der Waals surface area contributed by atoms with E-state index >= 15 is 0 Å². The van der Waals surface area contributed by atoms with Crippen molar-refractivity contribution in [3.05, 3.63) is 16.9 Å². The zero-order valence-electron chi connectivity index (χ0n) is 7.49. The molecular weight excluding hydrogens is 228 g/mol. The van der Waals surface area contributed by atoms with E-state index in [0.717, 1.165) is 16.3 Å². The number of halogens is 1. The molecule has 0 bridgehead atoms. The monoisotopic (exact) mass is 240 g/mol. The molecule has 70 valence electrons. The van der Waals surface area contributed by atoms with E-state index in [2.05, 4.69) is 31.9 Å². The second-order valence-corrected chi connectivity index (χ2v) is 5.22. The Morgan fingerprint density at radius 3 is 2.31 bits per heavy atom. The third-order valence-electron chi connectivity index (χ3n) is 3.09. The van der Waals surface area contributed by atoms with Crippen LogP contribution in [-0.2, 0) is 0 Å². The lowest BCUT2D eigenvalue weighted by molar-refractivity contribution is 0.360. The van der Waals surface area contributed by atoms with Crippen molar-refractivity contribution in [2.45, 2.75) is 31.7 Å². The summed E-state index contributed by atoms with van der Waals surface area (Å²) in [4.78, 5) is 0. The Hall–Kier alpha value is -0.310. The van der Waals surface area contributed by atoms with Gasteiger partial charge in [-0.1, -0.05) is 0 Å². The summed E-state index contributed by atoms with van der Waals surface area (Å²) < 4.78 is 3.29. The molecule has 2 aliphatic rings. The number of nitrogens with zero attached hydrogens (tertiary/aromatic N) is 2. The van der Waals surface area contributed by atoms with Crippen LogP contribution in [0.3, 0.4) is 0 Å². The second kappa shape index (κ2) is 2.84. The Balaban J connectivity index is 1.86. The van der Waals surface area contributed by atoms with Gasteiger partial charge < -0.3 is 0 Å². The molecule has 0 unspecified atom stereocenters. The van der Waals surface area contributed by atoms with Gasteiger partial charge in [0.05, 0.1) is 16.7 Å². The Kier molecular flexibility index (Phi) is 1.76. The molecule has 13 heavy (non-hydrogen) atoms. The second-order valence-electron chi connectivity index (χ2n) is 4.30. The van der Waals surface area contributed by atoms with E-state index in [1.54, 1.807) is 0 Å². The zero-order valence-corrected chi connectivity index (χ0v) is 9.07. The van der Waals surface area contributed by atoms with Crippen LogP contribution in [0.5, 0.6) is 0 Å². The lowest BCUT2D eigenvalue weighted by Crippen LogP contribution is -2.13. The summed E-state index contributed by atoms with van der Waals surface area (Å²) in [7, 11) is 0. The van der Waals surface area contributed by atoms with Crippen molar-refractivity contribution >= 4 is 15.9 Å². The van der Waals surface area contributed by atoms with Gasteiger partial charge in [0, 0.05) is 6.20 Å². The van der Waals surface area contributed by atoms with Crippen LogP contribution >= 0.6 is 15.9 Å². The average Bonchev–Trinajstić information content (AvgIpc) is 2.95. The Labute approximate surface area is 86.4 Å². The Morgan fingerprint density at radius 1 is 1.31 bits per heavy atom. The third-order valence-corrected chi connectivity index (χ3v) is 3.49. The Bertz CT molecular complexity index is 300. The SMILES string of the molecule is Brc1cnn(C(C2CC2)C2CC2)c1. The predicted octanol–water partition coefficient (Wildman–Crippen LogP) is 3.01. The van der Waals surface area contributed by atoms with Gasteiger partial charge in [0.1, 0.15) is 0 Å². The molecule has 2 aliphatic carbocycles. The number of hydrogen-bond donors (Lipinski definition) is 0. The maximum atomic E-state index is 4.41. The minimum absolute atomic E-state index is 0.714. The van der Waals surface area contributed by atoms with Gasteiger partial charge in [0.2, 0.25) is 0 Å². The number of aromatic nitrogens is 2. The van der Waals surface area contributed by atoms with E-state index in [4.69, 9.17) is 0 Å². The first-order valence-electron chi connectivity index (χ1n) is 5.04. The molecule has 1 aromatic rings. The molecule has 0 saturated heterocycles. The summed E-state index contributed by atoms with van der Waals surface area (Å²) >= 11 is 3.46. The fraction of sp³-hybridized carbons (Fsp3) is 0.700. The van der Waals surface area contributed by atoms with Crippen LogP contribution < -0.4 is 0 Å². The minimum Gasteiger partial charge on any atom is -0.268 e. The predicted molar refractivity (Wildman–Crippen MR) is 54.4 cm³/mol. The topological polar surface area (TPSA) is 17.8 Å². The highest BCUT2D eigenvalue weighted by Crippen LogP contribution is 2.51. The maximum Gasteiger partial charge on any atom is 0.0632 e. The van der Waals surface area contributed by atoms with Gasteiger partial charge >= 0.3 is 0 Å². The average molecular weight is 241 g/mol. The maximum absolute atomic E-state index is 4.41. The number of hydrogen-bond acceptors (Lipinski definition) is 1. The van der Waals surface area contributed by atoms with Gasteiger partial charge in [-0.15, -0.1) is 0 Å². The van der Waals surface area contributed by atoms with Crippen LogP contribution in [0.4, 0.5) is 0 Å². The minimum atomic E-state index is 0.714. The van der Waals surface area contributed by atoms with Crippen molar-refractivity contribution in [3.63, 3.8) is 0 Å². The molecule has 1 aromatic heterocycles. The van der Waals surface area contributed by atoms with Crippen LogP contribution in [0, 0.1) is 11.8 Å². The normalized spacial score (nSPS) is 22.6. The standard InChI is InChI=1S/C10H13BrN2/c11-9-5-12-13(6-9)10(7-1-2-7)8-3-4-8/h5-8,10H,1-4H2. The fourth-order valence-corrected chi connectivity index (χ4v) is 2.47. The lowest BCUT2D eigenvalue weighted by Gasteiger charge is -2.15. The summed E-state index contributed by atoms with van der Waals surface area (Å²) in [5.74, 6) is 1.86. The van der Waals surface area contributed by atoms with E-state index in [1.807, 2.05) is 6.20 Å². The zero-order chi connectivity index (χ0) is 8.84.